The van der Waals surface area contributed by atoms with Crippen LogP contribution in [-0.4, -0.2) is 0 Å². The molecule has 100 valence electrons. The number of hydrogen-bond donors (Lipinski definition) is 2. The van der Waals surface area contributed by atoms with Gasteiger partial charge >= 0.3 is 0 Å². The van der Waals surface area contributed by atoms with Crippen LogP contribution < -0.4 is 11.3 Å². The van der Waals surface area contributed by atoms with Crippen LogP contribution >= 0.6 is 23.2 Å². The number of nitrogens with one attached hydrogen (secondary N) is 1. The molecule has 0 saturated carbocycles. The highest BCUT2D eigenvalue weighted by molar-refractivity contribution is 6.31. The van der Waals surface area contributed by atoms with E-state index in [0.29, 0.717) is 11.4 Å². The molecule has 19 heavy (non-hydrogen) atoms. The second kappa shape index (κ2) is 6.35. The summed E-state index contributed by atoms with van der Waals surface area (Å²) in [4.78, 5) is 0. The molecule has 0 aromatic heterocycles. The van der Waals surface area contributed by atoms with E-state index >= 15 is 0 Å². The third kappa shape index (κ3) is 3.45. The van der Waals surface area contributed by atoms with Gasteiger partial charge in [-0.2, -0.15) is 0 Å². The monoisotopic (exact) mass is 298 g/mol. The third-order valence-corrected chi connectivity index (χ3v) is 3.56. The summed E-state index contributed by atoms with van der Waals surface area (Å²) in [7, 11) is 0. The first-order valence-electron chi connectivity index (χ1n) is 5.76. The molecule has 3 N–H and O–H groups in total. The summed E-state index contributed by atoms with van der Waals surface area (Å²) in [6.07, 6.45) is 0.522. The summed E-state index contributed by atoms with van der Waals surface area (Å²) < 4.78 is 13.4. The Morgan fingerprint density at radius 1 is 1.11 bits per heavy atom. The number of hydrazine groups is 1. The summed E-state index contributed by atoms with van der Waals surface area (Å²) in [5.74, 6) is 5.12. The van der Waals surface area contributed by atoms with E-state index in [-0.39, 0.29) is 11.1 Å². The van der Waals surface area contributed by atoms with Crippen molar-refractivity contribution < 1.29 is 4.39 Å². The van der Waals surface area contributed by atoms with Crippen molar-refractivity contribution in [2.24, 2.45) is 5.84 Å². The Hall–Kier alpha value is -1.13. The number of benzene rings is 2. The molecule has 0 aliphatic heterocycles. The topological polar surface area (TPSA) is 38.0 Å². The molecule has 0 aliphatic carbocycles. The molecule has 0 saturated heterocycles. The van der Waals surface area contributed by atoms with E-state index in [1.807, 2.05) is 18.2 Å². The summed E-state index contributed by atoms with van der Waals surface area (Å²) in [5, 5.41) is 0.735. The number of hydrogen-bond acceptors (Lipinski definition) is 2. The zero-order chi connectivity index (χ0) is 13.8. The Bertz CT molecular complexity index is 575. The molecule has 0 amide bonds. The predicted octanol–water partition coefficient (Wildman–Crippen LogP) is 3.88. The average Bonchev–Trinajstić information content (AvgIpc) is 2.41. The van der Waals surface area contributed by atoms with E-state index in [2.05, 4.69) is 5.43 Å². The first kappa shape index (κ1) is 14.3. The fourth-order valence-electron chi connectivity index (χ4n) is 1.92. The minimum absolute atomic E-state index is 0.110. The van der Waals surface area contributed by atoms with Gasteiger partial charge in [0.15, 0.2) is 0 Å². The highest BCUT2D eigenvalue weighted by Crippen LogP contribution is 2.26. The Kier molecular flexibility index (Phi) is 4.77. The van der Waals surface area contributed by atoms with Crippen LogP contribution in [0.5, 0.6) is 0 Å². The second-order valence-electron chi connectivity index (χ2n) is 4.19. The minimum atomic E-state index is -0.436. The molecule has 0 radical (unpaired) electrons. The molecule has 1 atom stereocenters. The average molecular weight is 299 g/mol. The lowest BCUT2D eigenvalue weighted by atomic mass is 9.99. The van der Waals surface area contributed by atoms with E-state index in [1.165, 1.54) is 12.1 Å². The summed E-state index contributed by atoms with van der Waals surface area (Å²) in [5.41, 5.74) is 4.37. The van der Waals surface area contributed by atoms with E-state index in [0.717, 1.165) is 11.1 Å². The normalized spacial score (nSPS) is 12.4. The molecule has 0 bridgehead atoms. The highest BCUT2D eigenvalue weighted by Gasteiger charge is 2.14. The molecule has 2 aromatic rings. The van der Waals surface area contributed by atoms with Crippen molar-refractivity contribution in [1.29, 1.82) is 0 Å². The SMILES string of the molecule is NNC(Cc1ccc(Cl)c(F)c1)c1ccccc1Cl. The maximum atomic E-state index is 13.4. The zero-order valence-corrected chi connectivity index (χ0v) is 11.5. The van der Waals surface area contributed by atoms with Gasteiger partial charge in [0, 0.05) is 5.02 Å². The van der Waals surface area contributed by atoms with Gasteiger partial charge < -0.3 is 0 Å². The van der Waals surface area contributed by atoms with Crippen molar-refractivity contribution in [3.63, 3.8) is 0 Å². The minimum Gasteiger partial charge on any atom is -0.271 e. The fourth-order valence-corrected chi connectivity index (χ4v) is 2.30. The molecule has 2 rings (SSSR count). The van der Waals surface area contributed by atoms with Crippen LogP contribution in [0.2, 0.25) is 10.0 Å². The Balaban J connectivity index is 2.24. The van der Waals surface area contributed by atoms with E-state index in [1.54, 1.807) is 12.1 Å². The third-order valence-electron chi connectivity index (χ3n) is 2.91. The molecule has 1 unspecified atom stereocenters. The summed E-state index contributed by atoms with van der Waals surface area (Å²) in [6, 6.07) is 11.9. The van der Waals surface area contributed by atoms with Crippen LogP contribution in [-0.2, 0) is 6.42 Å². The Morgan fingerprint density at radius 2 is 1.84 bits per heavy atom. The van der Waals surface area contributed by atoms with Gasteiger partial charge in [-0.05, 0) is 35.7 Å². The van der Waals surface area contributed by atoms with Crippen molar-refractivity contribution in [3.05, 3.63) is 69.5 Å². The second-order valence-corrected chi connectivity index (χ2v) is 5.01. The quantitative estimate of drug-likeness (QED) is 0.664. The van der Waals surface area contributed by atoms with Gasteiger partial charge in [0.05, 0.1) is 11.1 Å². The van der Waals surface area contributed by atoms with Crippen molar-refractivity contribution in [2.45, 2.75) is 12.5 Å². The molecule has 0 heterocycles. The van der Waals surface area contributed by atoms with Gasteiger partial charge in [0.2, 0.25) is 0 Å². The molecular weight excluding hydrogens is 286 g/mol. The van der Waals surface area contributed by atoms with Crippen LogP contribution in [0, 0.1) is 5.82 Å². The molecular formula is C14H13Cl2FN2. The maximum Gasteiger partial charge on any atom is 0.142 e. The largest absolute Gasteiger partial charge is 0.271 e. The molecule has 0 spiro atoms. The van der Waals surface area contributed by atoms with E-state index in [4.69, 9.17) is 29.0 Å². The summed E-state index contributed by atoms with van der Waals surface area (Å²) >= 11 is 11.8. The van der Waals surface area contributed by atoms with Crippen LogP contribution in [0.1, 0.15) is 17.2 Å². The molecule has 0 fully saturated rings. The van der Waals surface area contributed by atoms with Gasteiger partial charge in [-0.1, -0.05) is 47.5 Å². The van der Waals surface area contributed by atoms with Crippen molar-refractivity contribution in [3.8, 4) is 0 Å². The number of halogens is 3. The molecule has 2 nitrogen and oxygen atoms in total. The molecule has 2 aromatic carbocycles. The van der Waals surface area contributed by atoms with Crippen LogP contribution in [0.3, 0.4) is 0 Å². The lowest BCUT2D eigenvalue weighted by molar-refractivity contribution is 0.549. The predicted molar refractivity (Wildman–Crippen MR) is 76.6 cm³/mol. The first-order valence-corrected chi connectivity index (χ1v) is 6.52. The Labute approximate surface area is 121 Å². The standard InChI is InChI=1S/C14H13Cl2FN2/c15-11-4-2-1-3-10(11)14(19-18)8-9-5-6-12(16)13(17)7-9/h1-7,14,19H,8,18H2. The van der Waals surface area contributed by atoms with Gasteiger partial charge in [-0.15, -0.1) is 0 Å². The molecule has 5 heteroatoms. The van der Waals surface area contributed by atoms with Gasteiger partial charge in [-0.25, -0.2) is 4.39 Å². The van der Waals surface area contributed by atoms with Crippen LogP contribution in [0.25, 0.3) is 0 Å². The first-order chi connectivity index (χ1) is 9.11. The van der Waals surface area contributed by atoms with Gasteiger partial charge in [-0.3, -0.25) is 11.3 Å². The zero-order valence-electron chi connectivity index (χ0n) is 10.0. The lowest BCUT2D eigenvalue weighted by Crippen LogP contribution is -2.29. The molecule has 0 aliphatic rings. The van der Waals surface area contributed by atoms with Crippen molar-refractivity contribution in [1.82, 2.24) is 5.43 Å². The van der Waals surface area contributed by atoms with E-state index < -0.39 is 5.82 Å². The van der Waals surface area contributed by atoms with Crippen molar-refractivity contribution in [2.75, 3.05) is 0 Å². The van der Waals surface area contributed by atoms with E-state index in [9.17, 15) is 4.39 Å². The van der Waals surface area contributed by atoms with Gasteiger partial charge in [0.1, 0.15) is 5.82 Å². The van der Waals surface area contributed by atoms with Crippen LogP contribution in [0.4, 0.5) is 4.39 Å². The van der Waals surface area contributed by atoms with Crippen LogP contribution in [0.15, 0.2) is 42.5 Å². The van der Waals surface area contributed by atoms with Gasteiger partial charge in [0.25, 0.3) is 0 Å². The smallest absolute Gasteiger partial charge is 0.142 e. The highest BCUT2D eigenvalue weighted by atomic mass is 35.5. The lowest BCUT2D eigenvalue weighted by Gasteiger charge is -2.18. The Morgan fingerprint density at radius 3 is 2.47 bits per heavy atom. The summed E-state index contributed by atoms with van der Waals surface area (Å²) in [6.45, 7) is 0. The number of nitrogens with two attached hydrogens (primary N) is 1. The maximum absolute atomic E-state index is 13.4. The van der Waals surface area contributed by atoms with Crippen molar-refractivity contribution >= 4 is 23.2 Å². The fraction of sp³-hybridized carbons (Fsp3) is 0.143. The number of rotatable bonds is 4.